The van der Waals surface area contributed by atoms with Crippen molar-refractivity contribution < 1.29 is 14.3 Å². The van der Waals surface area contributed by atoms with Crippen LogP contribution in [0.1, 0.15) is 44.0 Å². The highest BCUT2D eigenvalue weighted by atomic mass is 32.1. The van der Waals surface area contributed by atoms with Gasteiger partial charge >= 0.3 is 5.97 Å². The van der Waals surface area contributed by atoms with Gasteiger partial charge in [0.05, 0.1) is 23.7 Å². The van der Waals surface area contributed by atoms with Crippen molar-refractivity contribution in [1.29, 1.82) is 0 Å². The zero-order valence-corrected chi connectivity index (χ0v) is 16.8. The lowest BCUT2D eigenvalue weighted by Crippen LogP contribution is -2.37. The van der Waals surface area contributed by atoms with Crippen LogP contribution in [0.3, 0.4) is 0 Å². The highest BCUT2D eigenvalue weighted by Crippen LogP contribution is 2.28. The maximum atomic E-state index is 13.0. The largest absolute Gasteiger partial charge is 0.461 e. The number of hydrogen-bond acceptors (Lipinski definition) is 6. The van der Waals surface area contributed by atoms with E-state index in [0.717, 1.165) is 21.8 Å². The summed E-state index contributed by atoms with van der Waals surface area (Å²) in [6.45, 7) is 4.94. The first-order valence-electron chi connectivity index (χ1n) is 9.11. The topological polar surface area (TPSA) is 93.1 Å². The van der Waals surface area contributed by atoms with Crippen molar-refractivity contribution >= 4 is 23.2 Å². The van der Waals surface area contributed by atoms with Crippen LogP contribution in [0.2, 0.25) is 0 Å². The molecule has 1 aliphatic heterocycles. The second-order valence-corrected chi connectivity index (χ2v) is 7.96. The SMILES string of the molecule is CCOC(=O)c1nn(C)c2c1CN(C(=O)c1cc(-c3ccc(C)s3)[nH]n1)CC2. The Labute approximate surface area is 166 Å². The summed E-state index contributed by atoms with van der Waals surface area (Å²) in [7, 11) is 1.81. The molecule has 146 valence electrons. The number of aryl methyl sites for hydroxylation is 2. The number of fused-ring (bicyclic) bond motifs is 1. The van der Waals surface area contributed by atoms with Gasteiger partial charge in [0.1, 0.15) is 0 Å². The monoisotopic (exact) mass is 399 g/mol. The molecule has 0 saturated carbocycles. The lowest BCUT2D eigenvalue weighted by atomic mass is 10.0. The number of hydrogen-bond donors (Lipinski definition) is 1. The zero-order chi connectivity index (χ0) is 19.8. The van der Waals surface area contributed by atoms with Crippen molar-refractivity contribution in [3.05, 3.63) is 45.7 Å². The van der Waals surface area contributed by atoms with Crippen LogP contribution in [-0.4, -0.2) is 49.9 Å². The highest BCUT2D eigenvalue weighted by molar-refractivity contribution is 7.15. The van der Waals surface area contributed by atoms with Gasteiger partial charge in [0.25, 0.3) is 5.91 Å². The van der Waals surface area contributed by atoms with E-state index in [4.69, 9.17) is 4.74 Å². The van der Waals surface area contributed by atoms with Crippen LogP contribution in [0.4, 0.5) is 0 Å². The molecule has 3 aromatic rings. The number of ether oxygens (including phenoxy) is 1. The van der Waals surface area contributed by atoms with Crippen LogP contribution in [-0.2, 0) is 24.8 Å². The van der Waals surface area contributed by atoms with Gasteiger partial charge in [-0.1, -0.05) is 0 Å². The van der Waals surface area contributed by atoms with Gasteiger partial charge in [-0.05, 0) is 32.0 Å². The molecule has 1 N–H and O–H groups in total. The molecule has 1 amide bonds. The standard InChI is InChI=1S/C19H21N5O3S/c1-4-27-19(26)17-12-10-24(8-7-15(12)23(3)22-17)18(25)14-9-13(20-21-14)16-6-5-11(2)28-16/h5-6,9H,4,7-8,10H2,1-3H3,(H,20,21). The molecular formula is C19H21N5O3S. The Morgan fingerprint density at radius 2 is 2.18 bits per heavy atom. The molecule has 0 aromatic carbocycles. The molecule has 0 radical (unpaired) electrons. The van der Waals surface area contributed by atoms with Crippen LogP contribution in [0.5, 0.6) is 0 Å². The second-order valence-electron chi connectivity index (χ2n) is 6.67. The molecule has 0 aliphatic carbocycles. The Bertz CT molecular complexity index is 1050. The smallest absolute Gasteiger partial charge is 0.359 e. The Morgan fingerprint density at radius 1 is 1.36 bits per heavy atom. The van der Waals surface area contributed by atoms with Gasteiger partial charge in [0.15, 0.2) is 11.4 Å². The third-order valence-electron chi connectivity index (χ3n) is 4.80. The van der Waals surface area contributed by atoms with E-state index in [1.54, 1.807) is 33.9 Å². The van der Waals surface area contributed by atoms with E-state index in [9.17, 15) is 9.59 Å². The predicted molar refractivity (Wildman–Crippen MR) is 104 cm³/mol. The van der Waals surface area contributed by atoms with Gasteiger partial charge in [-0.2, -0.15) is 10.2 Å². The van der Waals surface area contributed by atoms with Crippen molar-refractivity contribution in [2.75, 3.05) is 13.2 Å². The fourth-order valence-corrected chi connectivity index (χ4v) is 4.26. The minimum Gasteiger partial charge on any atom is -0.461 e. The number of amides is 1. The Kier molecular flexibility index (Phi) is 4.76. The third-order valence-corrected chi connectivity index (χ3v) is 5.84. The van der Waals surface area contributed by atoms with E-state index in [1.165, 1.54) is 4.88 Å². The minimum atomic E-state index is -0.455. The molecule has 0 saturated heterocycles. The number of aromatic nitrogens is 4. The molecule has 1 aliphatic rings. The molecule has 9 heteroatoms. The number of carbonyl (C=O) groups excluding carboxylic acids is 2. The van der Waals surface area contributed by atoms with Gasteiger partial charge in [0.2, 0.25) is 0 Å². The summed E-state index contributed by atoms with van der Waals surface area (Å²) in [5, 5.41) is 11.5. The Morgan fingerprint density at radius 3 is 2.89 bits per heavy atom. The van der Waals surface area contributed by atoms with Crippen LogP contribution in [0.25, 0.3) is 10.6 Å². The lowest BCUT2D eigenvalue weighted by Gasteiger charge is -2.26. The summed E-state index contributed by atoms with van der Waals surface area (Å²) in [5.41, 5.74) is 3.20. The number of nitrogens with zero attached hydrogens (tertiary/aromatic N) is 4. The summed E-state index contributed by atoms with van der Waals surface area (Å²) in [4.78, 5) is 29.1. The molecule has 4 heterocycles. The van der Waals surface area contributed by atoms with E-state index < -0.39 is 5.97 Å². The normalized spacial score (nSPS) is 13.5. The van der Waals surface area contributed by atoms with Crippen LogP contribution in [0.15, 0.2) is 18.2 Å². The molecule has 3 aromatic heterocycles. The van der Waals surface area contributed by atoms with E-state index >= 15 is 0 Å². The van der Waals surface area contributed by atoms with E-state index in [-0.39, 0.29) is 18.2 Å². The van der Waals surface area contributed by atoms with E-state index in [2.05, 4.69) is 15.3 Å². The maximum Gasteiger partial charge on any atom is 0.359 e. The molecule has 8 nitrogen and oxygen atoms in total. The van der Waals surface area contributed by atoms with Crippen molar-refractivity contribution in [2.45, 2.75) is 26.8 Å². The average Bonchev–Trinajstić information content (AvgIpc) is 3.40. The predicted octanol–water partition coefficient (Wildman–Crippen LogP) is 2.56. The summed E-state index contributed by atoms with van der Waals surface area (Å²) in [6, 6.07) is 5.82. The number of aromatic amines is 1. The number of carbonyl (C=O) groups is 2. The number of thiophene rings is 1. The first kappa shape index (κ1) is 18.4. The van der Waals surface area contributed by atoms with Gasteiger partial charge in [0, 0.05) is 36.1 Å². The van der Waals surface area contributed by atoms with Crippen molar-refractivity contribution in [3.8, 4) is 10.6 Å². The Balaban J connectivity index is 1.57. The number of H-pyrrole nitrogens is 1. The maximum absolute atomic E-state index is 13.0. The Hall–Kier alpha value is -2.94. The molecule has 0 unspecified atom stereocenters. The summed E-state index contributed by atoms with van der Waals surface area (Å²) < 4.78 is 6.81. The summed E-state index contributed by atoms with van der Waals surface area (Å²) >= 11 is 1.65. The minimum absolute atomic E-state index is 0.167. The van der Waals surface area contributed by atoms with Crippen LogP contribution < -0.4 is 0 Å². The summed E-state index contributed by atoms with van der Waals surface area (Å²) in [6.07, 6.45) is 0.630. The van der Waals surface area contributed by atoms with Crippen molar-refractivity contribution in [1.82, 2.24) is 24.9 Å². The third kappa shape index (κ3) is 3.22. The number of rotatable bonds is 4. The average molecular weight is 399 g/mol. The fraction of sp³-hybridized carbons (Fsp3) is 0.368. The number of esters is 1. The van der Waals surface area contributed by atoms with Crippen molar-refractivity contribution in [3.63, 3.8) is 0 Å². The van der Waals surface area contributed by atoms with Gasteiger partial charge < -0.3 is 9.64 Å². The first-order chi connectivity index (χ1) is 13.5. The van der Waals surface area contributed by atoms with Crippen molar-refractivity contribution in [2.24, 2.45) is 7.05 Å². The molecule has 0 bridgehead atoms. The molecule has 28 heavy (non-hydrogen) atoms. The molecule has 0 spiro atoms. The first-order valence-corrected chi connectivity index (χ1v) is 9.93. The number of nitrogens with one attached hydrogen (secondary N) is 1. The molecule has 0 atom stereocenters. The van der Waals surface area contributed by atoms with E-state index in [1.807, 2.05) is 26.1 Å². The summed E-state index contributed by atoms with van der Waals surface area (Å²) in [5.74, 6) is -0.621. The van der Waals surface area contributed by atoms with Gasteiger partial charge in [-0.15, -0.1) is 11.3 Å². The van der Waals surface area contributed by atoms with Gasteiger partial charge in [-0.3, -0.25) is 14.6 Å². The second kappa shape index (κ2) is 7.23. The molecular weight excluding hydrogens is 378 g/mol. The molecule has 4 rings (SSSR count). The fourth-order valence-electron chi connectivity index (χ4n) is 3.43. The lowest BCUT2D eigenvalue weighted by molar-refractivity contribution is 0.0513. The zero-order valence-electron chi connectivity index (χ0n) is 16.0. The van der Waals surface area contributed by atoms with E-state index in [0.29, 0.717) is 25.2 Å². The quantitative estimate of drug-likeness (QED) is 0.681. The van der Waals surface area contributed by atoms with Crippen LogP contribution in [0, 0.1) is 6.92 Å². The molecule has 0 fully saturated rings. The van der Waals surface area contributed by atoms with Gasteiger partial charge in [-0.25, -0.2) is 4.79 Å². The highest BCUT2D eigenvalue weighted by Gasteiger charge is 2.31. The van der Waals surface area contributed by atoms with Crippen LogP contribution >= 0.6 is 11.3 Å².